The molecule has 0 aliphatic carbocycles. The van der Waals surface area contributed by atoms with Crippen LogP contribution in [0.4, 0.5) is 0 Å². The molecule has 1 rings (SSSR count). The topological polar surface area (TPSA) is 69.6 Å². The third kappa shape index (κ3) is 4.86. The summed E-state index contributed by atoms with van der Waals surface area (Å²) in [5, 5.41) is 8.98. The average molecular weight is 300 g/mol. The third-order valence-corrected chi connectivity index (χ3v) is 4.60. The summed E-state index contributed by atoms with van der Waals surface area (Å²) >= 11 is 0. The van der Waals surface area contributed by atoms with Gasteiger partial charge in [-0.3, -0.25) is 0 Å². The molecule has 0 aliphatic heterocycles. The molecule has 0 saturated heterocycles. The number of likely N-dealkylation sites (N-methyl/N-ethyl adjacent to an activating group) is 1. The van der Waals surface area contributed by atoms with Crippen molar-refractivity contribution in [3.05, 3.63) is 29.8 Å². The van der Waals surface area contributed by atoms with E-state index < -0.39 is 10.0 Å². The van der Waals surface area contributed by atoms with Gasteiger partial charge in [0, 0.05) is 12.6 Å². The van der Waals surface area contributed by atoms with Gasteiger partial charge in [-0.1, -0.05) is 26.0 Å². The first-order valence-electron chi connectivity index (χ1n) is 6.63. The zero-order chi connectivity index (χ0) is 15.3. The molecule has 0 radical (unpaired) electrons. The second-order valence-corrected chi connectivity index (χ2v) is 7.25. The minimum atomic E-state index is -3.53. The highest BCUT2D eigenvalue weighted by Crippen LogP contribution is 2.13. The first-order chi connectivity index (χ1) is 9.26. The quantitative estimate of drug-likeness (QED) is 0.789. The molecular weight excluding hydrogens is 276 g/mol. The molecule has 6 heteroatoms. The molecule has 2 N–H and O–H groups in total. The van der Waals surface area contributed by atoms with Crippen LogP contribution in [0.5, 0.6) is 0 Å². The van der Waals surface area contributed by atoms with E-state index in [1.807, 2.05) is 32.8 Å². The van der Waals surface area contributed by atoms with E-state index in [4.69, 9.17) is 5.11 Å². The summed E-state index contributed by atoms with van der Waals surface area (Å²) in [4.78, 5) is 2.18. The predicted octanol–water partition coefficient (Wildman–Crippen LogP) is 1.04. The summed E-state index contributed by atoms with van der Waals surface area (Å²) in [5.41, 5.74) is 0.692. The van der Waals surface area contributed by atoms with Gasteiger partial charge in [0.05, 0.1) is 11.5 Å². The van der Waals surface area contributed by atoms with Crippen molar-refractivity contribution < 1.29 is 13.5 Å². The van der Waals surface area contributed by atoms with Crippen molar-refractivity contribution in [2.24, 2.45) is 5.92 Å². The number of rotatable bonds is 7. The Hall–Kier alpha value is -0.950. The number of sulfonamides is 1. The van der Waals surface area contributed by atoms with Crippen molar-refractivity contribution in [1.29, 1.82) is 0 Å². The fraction of sp³-hybridized carbons (Fsp3) is 0.571. The Morgan fingerprint density at radius 2 is 1.75 bits per heavy atom. The standard InChI is InChI=1S/C14H24N2O3S/c1-11(2)14(9-16(3)4)15-20(18,19)13-7-5-12(10-17)6-8-13/h5-8,11,14-15,17H,9-10H2,1-4H3. The minimum Gasteiger partial charge on any atom is -0.392 e. The van der Waals surface area contributed by atoms with E-state index in [-0.39, 0.29) is 23.5 Å². The maximum Gasteiger partial charge on any atom is 0.240 e. The third-order valence-electron chi connectivity index (χ3n) is 3.09. The Bertz CT molecular complexity index is 510. The molecule has 0 amide bonds. The molecule has 0 spiro atoms. The predicted molar refractivity (Wildman–Crippen MR) is 79.9 cm³/mol. The van der Waals surface area contributed by atoms with Crippen LogP contribution in [0.3, 0.4) is 0 Å². The van der Waals surface area contributed by atoms with Crippen molar-refractivity contribution in [3.63, 3.8) is 0 Å². The molecule has 0 fully saturated rings. The van der Waals surface area contributed by atoms with Crippen LogP contribution in [0.25, 0.3) is 0 Å². The molecule has 1 aromatic rings. The molecule has 0 aliphatic rings. The summed E-state index contributed by atoms with van der Waals surface area (Å²) < 4.78 is 27.4. The van der Waals surface area contributed by atoms with Crippen LogP contribution < -0.4 is 4.72 Å². The summed E-state index contributed by atoms with van der Waals surface area (Å²) in [6.45, 7) is 4.53. The normalized spacial score (nSPS) is 13.9. The van der Waals surface area contributed by atoms with E-state index in [2.05, 4.69) is 4.72 Å². The van der Waals surface area contributed by atoms with Crippen LogP contribution in [-0.4, -0.2) is 45.1 Å². The van der Waals surface area contributed by atoms with Crippen LogP contribution in [0.2, 0.25) is 0 Å². The lowest BCUT2D eigenvalue weighted by molar-refractivity contribution is 0.281. The van der Waals surface area contributed by atoms with Crippen LogP contribution in [0, 0.1) is 5.92 Å². The van der Waals surface area contributed by atoms with Crippen molar-refractivity contribution in [3.8, 4) is 0 Å². The molecule has 1 atom stereocenters. The SMILES string of the molecule is CC(C)C(CN(C)C)NS(=O)(=O)c1ccc(CO)cc1. The number of aliphatic hydroxyl groups excluding tert-OH is 1. The van der Waals surface area contributed by atoms with Crippen molar-refractivity contribution in [2.45, 2.75) is 31.4 Å². The van der Waals surface area contributed by atoms with Crippen molar-refractivity contribution in [2.75, 3.05) is 20.6 Å². The smallest absolute Gasteiger partial charge is 0.240 e. The van der Waals surface area contributed by atoms with Gasteiger partial charge >= 0.3 is 0 Å². The first kappa shape index (κ1) is 17.1. The highest BCUT2D eigenvalue weighted by Gasteiger charge is 2.22. The molecule has 0 saturated carbocycles. The summed E-state index contributed by atoms with van der Waals surface area (Å²) in [7, 11) is 0.299. The van der Waals surface area contributed by atoms with Gasteiger partial charge in [0.1, 0.15) is 0 Å². The Morgan fingerprint density at radius 3 is 2.15 bits per heavy atom. The van der Waals surface area contributed by atoms with Crippen LogP contribution in [-0.2, 0) is 16.6 Å². The first-order valence-corrected chi connectivity index (χ1v) is 8.11. The Labute approximate surface area is 121 Å². The van der Waals surface area contributed by atoms with Crippen molar-refractivity contribution in [1.82, 2.24) is 9.62 Å². The van der Waals surface area contributed by atoms with Gasteiger partial charge in [-0.15, -0.1) is 0 Å². The molecular formula is C14H24N2O3S. The minimum absolute atomic E-state index is 0.0942. The summed E-state index contributed by atoms with van der Waals surface area (Å²) in [5.74, 6) is 0.198. The van der Waals surface area contributed by atoms with E-state index >= 15 is 0 Å². The molecule has 0 aromatic heterocycles. The number of benzene rings is 1. The van der Waals surface area contributed by atoms with E-state index in [0.29, 0.717) is 12.1 Å². The van der Waals surface area contributed by atoms with E-state index in [1.165, 1.54) is 12.1 Å². The highest BCUT2D eigenvalue weighted by atomic mass is 32.2. The molecule has 1 aromatic carbocycles. The molecule has 0 bridgehead atoms. The molecule has 0 heterocycles. The summed E-state index contributed by atoms with van der Waals surface area (Å²) in [6.07, 6.45) is 0. The monoisotopic (exact) mass is 300 g/mol. The number of aliphatic hydroxyl groups is 1. The zero-order valence-corrected chi connectivity index (χ0v) is 13.3. The fourth-order valence-corrected chi connectivity index (χ4v) is 3.19. The Morgan fingerprint density at radius 1 is 1.20 bits per heavy atom. The Balaban J connectivity index is 2.91. The maximum absolute atomic E-state index is 12.3. The van der Waals surface area contributed by atoms with Gasteiger partial charge in [-0.05, 0) is 37.7 Å². The largest absolute Gasteiger partial charge is 0.392 e. The number of hydrogen-bond acceptors (Lipinski definition) is 4. The maximum atomic E-state index is 12.3. The second kappa shape index (κ2) is 7.17. The molecule has 5 nitrogen and oxygen atoms in total. The van der Waals surface area contributed by atoms with Crippen LogP contribution in [0.15, 0.2) is 29.2 Å². The lowest BCUT2D eigenvalue weighted by Crippen LogP contribution is -2.44. The van der Waals surface area contributed by atoms with Crippen molar-refractivity contribution >= 4 is 10.0 Å². The Kier molecular flexibility index (Phi) is 6.13. The highest BCUT2D eigenvalue weighted by molar-refractivity contribution is 7.89. The van der Waals surface area contributed by atoms with Gasteiger partial charge in [0.15, 0.2) is 0 Å². The van der Waals surface area contributed by atoms with Gasteiger partial charge in [0.2, 0.25) is 10.0 Å². The van der Waals surface area contributed by atoms with Gasteiger partial charge in [-0.2, -0.15) is 0 Å². The van der Waals surface area contributed by atoms with Crippen LogP contribution >= 0.6 is 0 Å². The molecule has 1 unspecified atom stereocenters. The lowest BCUT2D eigenvalue weighted by atomic mass is 10.1. The number of nitrogens with one attached hydrogen (secondary N) is 1. The second-order valence-electron chi connectivity index (χ2n) is 5.54. The van der Waals surface area contributed by atoms with Gasteiger partial charge in [-0.25, -0.2) is 13.1 Å². The average Bonchev–Trinajstić information content (AvgIpc) is 2.37. The zero-order valence-electron chi connectivity index (χ0n) is 12.5. The van der Waals surface area contributed by atoms with Crippen LogP contribution in [0.1, 0.15) is 19.4 Å². The van der Waals surface area contributed by atoms with E-state index in [9.17, 15) is 8.42 Å². The lowest BCUT2D eigenvalue weighted by Gasteiger charge is -2.25. The van der Waals surface area contributed by atoms with E-state index in [1.54, 1.807) is 12.1 Å². The number of hydrogen-bond donors (Lipinski definition) is 2. The number of nitrogens with zero attached hydrogens (tertiary/aromatic N) is 1. The molecule has 20 heavy (non-hydrogen) atoms. The van der Waals surface area contributed by atoms with E-state index in [0.717, 1.165) is 0 Å². The van der Waals surface area contributed by atoms with Gasteiger partial charge in [0.25, 0.3) is 0 Å². The van der Waals surface area contributed by atoms with Gasteiger partial charge < -0.3 is 10.0 Å². The summed E-state index contributed by atoms with van der Waals surface area (Å²) in [6, 6.07) is 6.12. The fourth-order valence-electron chi connectivity index (χ4n) is 1.82. The molecule has 114 valence electrons.